The summed E-state index contributed by atoms with van der Waals surface area (Å²) in [7, 11) is 0. The van der Waals surface area contributed by atoms with E-state index in [9.17, 15) is 0 Å². The first-order chi connectivity index (χ1) is 10.5. The molecule has 0 heterocycles. The molecule has 3 aliphatic rings. The minimum Gasteiger partial charge on any atom is -0.175 e. The normalized spacial score (nSPS) is 42.0. The summed E-state index contributed by atoms with van der Waals surface area (Å²) in [4.78, 5) is 0. The van der Waals surface area contributed by atoms with Gasteiger partial charge in [-0.05, 0) is 55.4 Å². The molecule has 0 N–H and O–H groups in total. The lowest BCUT2D eigenvalue weighted by Gasteiger charge is -2.41. The average Bonchev–Trinajstić information content (AvgIpc) is 2.51. The third-order valence-electron chi connectivity index (χ3n) is 5.90. The van der Waals surface area contributed by atoms with Gasteiger partial charge in [-0.3, -0.25) is 0 Å². The first-order valence-corrected chi connectivity index (χ1v) is 9.46. The van der Waals surface area contributed by atoms with Gasteiger partial charge < -0.3 is 0 Å². The van der Waals surface area contributed by atoms with Crippen LogP contribution in [0.15, 0.2) is 47.6 Å². The van der Waals surface area contributed by atoms with Crippen LogP contribution >= 0.6 is 12.6 Å². The molecule has 0 bridgehead atoms. The van der Waals surface area contributed by atoms with Crippen LogP contribution < -0.4 is 0 Å². The Bertz CT molecular complexity index is 536. The van der Waals surface area contributed by atoms with Gasteiger partial charge in [0.05, 0.1) is 0 Å². The lowest BCUT2D eigenvalue weighted by Crippen LogP contribution is -2.33. The second-order valence-electron chi connectivity index (χ2n) is 7.86. The molecule has 22 heavy (non-hydrogen) atoms. The molecule has 0 radical (unpaired) electrons. The molecule has 0 amide bonds. The van der Waals surface area contributed by atoms with Crippen LogP contribution in [0.1, 0.15) is 52.9 Å². The van der Waals surface area contributed by atoms with Gasteiger partial charge >= 0.3 is 0 Å². The van der Waals surface area contributed by atoms with Gasteiger partial charge in [-0.1, -0.05) is 62.8 Å². The highest BCUT2D eigenvalue weighted by Gasteiger charge is 2.37. The molecule has 0 nitrogen and oxygen atoms in total. The first-order valence-electron chi connectivity index (χ1n) is 8.94. The van der Waals surface area contributed by atoms with Crippen molar-refractivity contribution >= 4 is 12.6 Å². The molecule has 5 atom stereocenters. The van der Waals surface area contributed by atoms with Gasteiger partial charge in [-0.25, -0.2) is 0 Å². The second kappa shape index (κ2) is 6.43. The Balaban J connectivity index is 1.84. The van der Waals surface area contributed by atoms with Gasteiger partial charge in [0.15, 0.2) is 0 Å². The summed E-state index contributed by atoms with van der Waals surface area (Å²) in [5.41, 5.74) is 3.34. The maximum atomic E-state index is 4.96. The zero-order valence-electron chi connectivity index (χ0n) is 14.3. The molecule has 3 aliphatic carbocycles. The summed E-state index contributed by atoms with van der Waals surface area (Å²) >= 11 is 4.96. The fraction of sp³-hybridized carbons (Fsp3) is 0.619. The van der Waals surface area contributed by atoms with E-state index in [1.54, 1.807) is 11.1 Å². The van der Waals surface area contributed by atoms with Crippen LogP contribution in [0, 0.1) is 23.2 Å². The van der Waals surface area contributed by atoms with Crippen molar-refractivity contribution in [3.8, 4) is 0 Å². The predicted molar refractivity (Wildman–Crippen MR) is 100 cm³/mol. The van der Waals surface area contributed by atoms with Crippen LogP contribution in [0.5, 0.6) is 0 Å². The van der Waals surface area contributed by atoms with Gasteiger partial charge in [0.2, 0.25) is 0 Å². The van der Waals surface area contributed by atoms with E-state index < -0.39 is 0 Å². The number of hydrogen-bond donors (Lipinski definition) is 1. The molecular weight excluding hydrogens is 284 g/mol. The number of hydrogen-bond acceptors (Lipinski definition) is 1. The quantitative estimate of drug-likeness (QED) is 0.459. The topological polar surface area (TPSA) is 0 Å². The summed E-state index contributed by atoms with van der Waals surface area (Å²) in [5, 5.41) is 0.447. The highest BCUT2D eigenvalue weighted by Crippen LogP contribution is 2.46. The minimum atomic E-state index is 0.144. The first kappa shape index (κ1) is 16.2. The molecule has 0 aliphatic heterocycles. The monoisotopic (exact) mass is 314 g/mol. The molecule has 5 unspecified atom stereocenters. The standard InChI is InChI=1S/C21H30S/c1-15-6-4-7-17(12-15)18-8-5-9-19(14-18)21(3)11-10-16(2)13-20(21)22/h4,6,8,10-11,14-17,20,22H,5,7,9,12-13H2,1-3H3. The summed E-state index contributed by atoms with van der Waals surface area (Å²) in [5.74, 6) is 2.12. The van der Waals surface area contributed by atoms with Crippen molar-refractivity contribution in [3.63, 3.8) is 0 Å². The number of thiol groups is 1. The average molecular weight is 315 g/mol. The highest BCUT2D eigenvalue weighted by molar-refractivity contribution is 7.81. The summed E-state index contributed by atoms with van der Waals surface area (Å²) in [6, 6.07) is 0. The van der Waals surface area contributed by atoms with E-state index in [0.29, 0.717) is 11.2 Å². The molecule has 3 rings (SSSR count). The van der Waals surface area contributed by atoms with Crippen LogP contribution in [-0.4, -0.2) is 5.25 Å². The van der Waals surface area contributed by atoms with Crippen molar-refractivity contribution in [2.75, 3.05) is 0 Å². The summed E-state index contributed by atoms with van der Waals surface area (Å²) in [6.07, 6.45) is 20.7. The van der Waals surface area contributed by atoms with Crippen LogP contribution in [0.25, 0.3) is 0 Å². The zero-order chi connectivity index (χ0) is 15.7. The fourth-order valence-electron chi connectivity index (χ4n) is 4.28. The van der Waals surface area contributed by atoms with Crippen LogP contribution in [0.4, 0.5) is 0 Å². The smallest absolute Gasteiger partial charge is 0.0182 e. The van der Waals surface area contributed by atoms with Crippen molar-refractivity contribution in [2.24, 2.45) is 23.2 Å². The summed E-state index contributed by atoms with van der Waals surface area (Å²) < 4.78 is 0. The number of rotatable bonds is 2. The fourth-order valence-corrected chi connectivity index (χ4v) is 4.86. The SMILES string of the molecule is CC1C=CCC(C2=CCCC(C3(C)C=CC(C)CC3S)=C2)C1. The van der Waals surface area contributed by atoms with E-state index in [-0.39, 0.29) is 5.41 Å². The van der Waals surface area contributed by atoms with E-state index in [2.05, 4.69) is 57.2 Å². The minimum absolute atomic E-state index is 0.144. The van der Waals surface area contributed by atoms with Crippen LogP contribution in [0.2, 0.25) is 0 Å². The van der Waals surface area contributed by atoms with Crippen molar-refractivity contribution in [1.82, 2.24) is 0 Å². The Morgan fingerprint density at radius 1 is 1.14 bits per heavy atom. The lowest BCUT2D eigenvalue weighted by molar-refractivity contribution is 0.395. The molecule has 0 saturated carbocycles. The Labute approximate surface area is 141 Å². The highest BCUT2D eigenvalue weighted by atomic mass is 32.1. The molecule has 120 valence electrons. The molecule has 0 fully saturated rings. The van der Waals surface area contributed by atoms with Gasteiger partial charge in [0.25, 0.3) is 0 Å². The van der Waals surface area contributed by atoms with Crippen molar-refractivity contribution in [3.05, 3.63) is 47.6 Å². The van der Waals surface area contributed by atoms with Crippen molar-refractivity contribution in [2.45, 2.75) is 58.1 Å². The Morgan fingerprint density at radius 3 is 2.64 bits per heavy atom. The zero-order valence-corrected chi connectivity index (χ0v) is 15.2. The maximum Gasteiger partial charge on any atom is 0.0182 e. The Kier molecular flexibility index (Phi) is 4.73. The predicted octanol–water partition coefficient (Wildman–Crippen LogP) is 6.14. The Morgan fingerprint density at radius 2 is 1.91 bits per heavy atom. The van der Waals surface area contributed by atoms with Gasteiger partial charge in [0.1, 0.15) is 0 Å². The van der Waals surface area contributed by atoms with Gasteiger partial charge in [0, 0.05) is 10.7 Å². The molecule has 0 aromatic rings. The Hall–Kier alpha value is -0.690. The molecule has 0 spiro atoms. The largest absolute Gasteiger partial charge is 0.175 e. The maximum absolute atomic E-state index is 4.96. The van der Waals surface area contributed by atoms with Gasteiger partial charge in [-0.15, -0.1) is 0 Å². The summed E-state index contributed by atoms with van der Waals surface area (Å²) in [6.45, 7) is 7.04. The van der Waals surface area contributed by atoms with Crippen molar-refractivity contribution in [1.29, 1.82) is 0 Å². The lowest BCUT2D eigenvalue weighted by atomic mass is 9.68. The van der Waals surface area contributed by atoms with E-state index in [1.807, 2.05) is 0 Å². The van der Waals surface area contributed by atoms with Gasteiger partial charge in [-0.2, -0.15) is 12.6 Å². The van der Waals surface area contributed by atoms with Crippen LogP contribution in [0.3, 0.4) is 0 Å². The van der Waals surface area contributed by atoms with E-state index in [0.717, 1.165) is 11.8 Å². The molecule has 0 aromatic heterocycles. The van der Waals surface area contributed by atoms with Crippen LogP contribution in [-0.2, 0) is 0 Å². The third-order valence-corrected chi connectivity index (χ3v) is 6.64. The molecule has 0 aromatic carbocycles. The molecular formula is C21H30S. The molecule has 1 heteroatoms. The van der Waals surface area contributed by atoms with E-state index >= 15 is 0 Å². The van der Waals surface area contributed by atoms with E-state index in [4.69, 9.17) is 12.6 Å². The third kappa shape index (κ3) is 3.15. The van der Waals surface area contributed by atoms with Crippen molar-refractivity contribution < 1.29 is 0 Å². The van der Waals surface area contributed by atoms with E-state index in [1.165, 1.54) is 32.1 Å². The second-order valence-corrected chi connectivity index (χ2v) is 8.48. The molecule has 0 saturated heterocycles. The number of allylic oxidation sites excluding steroid dienone is 8.